The first kappa shape index (κ1) is 18.0. The Morgan fingerprint density at radius 3 is 2.65 bits per heavy atom. The first-order valence-electron chi connectivity index (χ1n) is 8.97. The van der Waals surface area contributed by atoms with Crippen LogP contribution in [0.3, 0.4) is 0 Å². The highest BCUT2D eigenvalue weighted by Crippen LogP contribution is 2.28. The van der Waals surface area contributed by atoms with Crippen molar-refractivity contribution in [3.05, 3.63) is 36.4 Å². The molecule has 1 aromatic heterocycles. The Hall–Kier alpha value is -2.77. The maximum Gasteiger partial charge on any atom is 0.194 e. The number of ether oxygens (including phenoxy) is 1. The molecule has 8 heteroatoms. The second kappa shape index (κ2) is 8.55. The summed E-state index contributed by atoms with van der Waals surface area (Å²) in [6.07, 6.45) is 1.56. The minimum Gasteiger partial charge on any atom is -0.495 e. The van der Waals surface area contributed by atoms with Crippen molar-refractivity contribution in [2.75, 3.05) is 44.7 Å². The molecular formula is C18H27N7O. The average molecular weight is 357 g/mol. The average Bonchev–Trinajstić information content (AvgIpc) is 3.10. The van der Waals surface area contributed by atoms with E-state index in [-0.39, 0.29) is 0 Å². The molecule has 26 heavy (non-hydrogen) atoms. The Kier molecular flexibility index (Phi) is 5.93. The number of para-hydroxylation sites is 2. The number of nitrogens with zero attached hydrogens (tertiary/aromatic N) is 6. The summed E-state index contributed by atoms with van der Waals surface area (Å²) in [6.45, 7) is 7.10. The molecule has 0 amide bonds. The third-order valence-electron chi connectivity index (χ3n) is 4.52. The molecule has 0 spiro atoms. The van der Waals surface area contributed by atoms with Crippen LogP contribution in [-0.4, -0.2) is 65.5 Å². The molecule has 1 aromatic carbocycles. The van der Waals surface area contributed by atoms with Crippen LogP contribution in [0.15, 0.2) is 35.6 Å². The molecule has 1 aliphatic heterocycles. The van der Waals surface area contributed by atoms with Crippen LogP contribution in [0.2, 0.25) is 0 Å². The molecule has 1 N–H and O–H groups in total. The van der Waals surface area contributed by atoms with Gasteiger partial charge in [0.15, 0.2) is 5.96 Å². The van der Waals surface area contributed by atoms with Gasteiger partial charge in [-0.1, -0.05) is 12.1 Å². The molecule has 1 saturated heterocycles. The number of aryl methyl sites for hydroxylation is 1. The van der Waals surface area contributed by atoms with E-state index in [0.717, 1.165) is 55.9 Å². The van der Waals surface area contributed by atoms with Crippen LogP contribution < -0.4 is 15.0 Å². The summed E-state index contributed by atoms with van der Waals surface area (Å²) < 4.78 is 7.25. The zero-order chi connectivity index (χ0) is 18.4. The molecule has 8 nitrogen and oxygen atoms in total. The molecule has 2 aromatic rings. The summed E-state index contributed by atoms with van der Waals surface area (Å²) >= 11 is 0. The molecule has 1 aliphatic rings. The van der Waals surface area contributed by atoms with E-state index in [9.17, 15) is 0 Å². The lowest BCUT2D eigenvalue weighted by molar-refractivity contribution is 0.367. The Bertz CT molecular complexity index is 735. The van der Waals surface area contributed by atoms with Gasteiger partial charge in [-0.15, -0.1) is 0 Å². The normalized spacial score (nSPS) is 15.3. The molecule has 0 bridgehead atoms. The summed E-state index contributed by atoms with van der Waals surface area (Å²) in [7, 11) is 3.61. The first-order valence-corrected chi connectivity index (χ1v) is 8.97. The van der Waals surface area contributed by atoms with Crippen LogP contribution in [0, 0.1) is 0 Å². The molecule has 3 rings (SSSR count). The Balaban J connectivity index is 1.65. The maximum atomic E-state index is 5.50. The lowest BCUT2D eigenvalue weighted by Gasteiger charge is -2.38. The molecule has 2 heterocycles. The highest BCUT2D eigenvalue weighted by molar-refractivity contribution is 5.80. The smallest absolute Gasteiger partial charge is 0.194 e. The summed E-state index contributed by atoms with van der Waals surface area (Å²) in [5, 5.41) is 7.48. The highest BCUT2D eigenvalue weighted by Gasteiger charge is 2.21. The van der Waals surface area contributed by atoms with E-state index in [1.807, 2.05) is 19.2 Å². The molecule has 0 saturated carbocycles. The van der Waals surface area contributed by atoms with E-state index in [4.69, 9.17) is 9.73 Å². The van der Waals surface area contributed by atoms with Crippen LogP contribution >= 0.6 is 0 Å². The third-order valence-corrected chi connectivity index (χ3v) is 4.52. The molecule has 0 aliphatic carbocycles. The fraction of sp³-hybridized carbons (Fsp3) is 0.500. The number of aromatic nitrogens is 3. The van der Waals surface area contributed by atoms with E-state index in [0.29, 0.717) is 6.54 Å². The molecule has 0 unspecified atom stereocenters. The fourth-order valence-electron chi connectivity index (χ4n) is 3.08. The van der Waals surface area contributed by atoms with Gasteiger partial charge in [-0.05, 0) is 19.1 Å². The number of rotatable bonds is 5. The second-order valence-corrected chi connectivity index (χ2v) is 6.12. The lowest BCUT2D eigenvalue weighted by atomic mass is 10.2. The van der Waals surface area contributed by atoms with Crippen molar-refractivity contribution in [2.45, 2.75) is 13.5 Å². The summed E-state index contributed by atoms with van der Waals surface area (Å²) in [6, 6.07) is 8.17. The number of methoxy groups -OCH3 is 1. The van der Waals surface area contributed by atoms with Crippen molar-refractivity contribution >= 4 is 11.6 Å². The molecular weight excluding hydrogens is 330 g/mol. The van der Waals surface area contributed by atoms with Gasteiger partial charge in [0, 0.05) is 39.8 Å². The number of anilines is 1. The largest absolute Gasteiger partial charge is 0.495 e. The SMILES string of the molecule is CCNC(=NCc1ncnn1C)N1CCN(c2ccccc2OC)CC1. The zero-order valence-electron chi connectivity index (χ0n) is 15.7. The van der Waals surface area contributed by atoms with Gasteiger partial charge in [0.05, 0.1) is 12.8 Å². The van der Waals surface area contributed by atoms with E-state index in [1.54, 1.807) is 18.1 Å². The quantitative estimate of drug-likeness (QED) is 0.639. The number of piperazine rings is 1. The number of guanidine groups is 1. The number of nitrogens with one attached hydrogen (secondary N) is 1. The van der Waals surface area contributed by atoms with E-state index in [2.05, 4.69) is 44.3 Å². The Morgan fingerprint density at radius 1 is 1.23 bits per heavy atom. The van der Waals surface area contributed by atoms with Gasteiger partial charge < -0.3 is 19.9 Å². The van der Waals surface area contributed by atoms with Crippen LogP contribution in [0.1, 0.15) is 12.7 Å². The summed E-state index contributed by atoms with van der Waals surface area (Å²) in [5.74, 6) is 2.70. The summed E-state index contributed by atoms with van der Waals surface area (Å²) in [4.78, 5) is 13.6. The molecule has 1 fully saturated rings. The van der Waals surface area contributed by atoms with Crippen molar-refractivity contribution in [3.63, 3.8) is 0 Å². The molecule has 140 valence electrons. The monoisotopic (exact) mass is 357 g/mol. The van der Waals surface area contributed by atoms with Crippen LogP contribution in [0.25, 0.3) is 0 Å². The van der Waals surface area contributed by atoms with Gasteiger partial charge in [0.2, 0.25) is 0 Å². The van der Waals surface area contributed by atoms with Gasteiger partial charge in [-0.25, -0.2) is 9.98 Å². The predicted molar refractivity (Wildman–Crippen MR) is 103 cm³/mol. The topological polar surface area (TPSA) is 70.8 Å². The van der Waals surface area contributed by atoms with E-state index in [1.165, 1.54) is 0 Å². The molecule has 0 radical (unpaired) electrons. The minimum atomic E-state index is 0.519. The maximum absolute atomic E-state index is 5.50. The van der Waals surface area contributed by atoms with Crippen LogP contribution in [0.5, 0.6) is 5.75 Å². The Labute approximate surface area is 154 Å². The van der Waals surface area contributed by atoms with E-state index < -0.39 is 0 Å². The first-order chi connectivity index (χ1) is 12.7. The minimum absolute atomic E-state index is 0.519. The second-order valence-electron chi connectivity index (χ2n) is 6.12. The number of benzene rings is 1. The van der Waals surface area contributed by atoms with Crippen LogP contribution in [0.4, 0.5) is 5.69 Å². The third kappa shape index (κ3) is 4.07. The van der Waals surface area contributed by atoms with Gasteiger partial charge in [0.1, 0.15) is 24.4 Å². The zero-order valence-corrected chi connectivity index (χ0v) is 15.7. The highest BCUT2D eigenvalue weighted by atomic mass is 16.5. The van der Waals surface area contributed by atoms with E-state index >= 15 is 0 Å². The standard InChI is InChI=1S/C18H27N7O/c1-4-19-18(20-13-17-21-14-22-23(17)2)25-11-9-24(10-12-25)15-7-5-6-8-16(15)26-3/h5-8,14H,4,9-13H2,1-3H3,(H,19,20). The van der Waals surface area contributed by atoms with Gasteiger partial charge in [-0.2, -0.15) is 5.10 Å². The molecule has 0 atom stereocenters. The number of hydrogen-bond donors (Lipinski definition) is 1. The van der Waals surface area contributed by atoms with Crippen molar-refractivity contribution in [3.8, 4) is 5.75 Å². The van der Waals surface area contributed by atoms with Crippen molar-refractivity contribution in [1.82, 2.24) is 25.0 Å². The predicted octanol–water partition coefficient (Wildman–Crippen LogP) is 1.11. The van der Waals surface area contributed by atoms with Crippen LogP contribution in [-0.2, 0) is 13.6 Å². The van der Waals surface area contributed by atoms with Gasteiger partial charge >= 0.3 is 0 Å². The number of hydrogen-bond acceptors (Lipinski definition) is 5. The summed E-state index contributed by atoms with van der Waals surface area (Å²) in [5.41, 5.74) is 1.15. The lowest BCUT2D eigenvalue weighted by Crippen LogP contribution is -2.52. The van der Waals surface area contributed by atoms with Gasteiger partial charge in [-0.3, -0.25) is 4.68 Å². The van der Waals surface area contributed by atoms with Crippen molar-refractivity contribution in [2.24, 2.45) is 12.0 Å². The fourth-order valence-corrected chi connectivity index (χ4v) is 3.08. The number of aliphatic imine (C=N–C) groups is 1. The Morgan fingerprint density at radius 2 is 2.00 bits per heavy atom. The van der Waals surface area contributed by atoms with Crippen molar-refractivity contribution < 1.29 is 4.74 Å². The van der Waals surface area contributed by atoms with Gasteiger partial charge in [0.25, 0.3) is 0 Å². The van der Waals surface area contributed by atoms with Crippen molar-refractivity contribution in [1.29, 1.82) is 0 Å².